The Kier molecular flexibility index (Phi) is 7.32. The molecule has 2 aromatic carbocycles. The largest absolute Gasteiger partial charge is 0.497 e. The molecule has 0 spiro atoms. The van der Waals surface area contributed by atoms with Crippen molar-refractivity contribution in [3.63, 3.8) is 0 Å². The number of thioether (sulfide) groups is 1. The Morgan fingerprint density at radius 2 is 1.87 bits per heavy atom. The standard InChI is InChI=1S/C28H24N4O5S2/c1-16-20(11-24-27(34)32(28(38)39-24)14-17-4-7-19(35-3)8-5-17)25(31(2)26(33)21(16)12-29)30-13-18-6-9-22-23(10-18)37-15-36-22/h4-11,30H,13-15H2,1-3H3/b24-11+. The summed E-state index contributed by atoms with van der Waals surface area (Å²) in [4.78, 5) is 28.3. The van der Waals surface area contributed by atoms with Gasteiger partial charge in [-0.15, -0.1) is 0 Å². The quantitative estimate of drug-likeness (QED) is 0.334. The molecule has 11 heteroatoms. The van der Waals surface area contributed by atoms with E-state index in [9.17, 15) is 14.9 Å². The number of methoxy groups -OCH3 is 1. The van der Waals surface area contributed by atoms with E-state index < -0.39 is 5.56 Å². The summed E-state index contributed by atoms with van der Waals surface area (Å²) in [6.07, 6.45) is 1.70. The highest BCUT2D eigenvalue weighted by atomic mass is 32.2. The van der Waals surface area contributed by atoms with Crippen LogP contribution in [0.4, 0.5) is 5.82 Å². The molecule has 5 rings (SSSR count). The molecule has 1 amide bonds. The van der Waals surface area contributed by atoms with Crippen LogP contribution in [-0.2, 0) is 24.9 Å². The van der Waals surface area contributed by atoms with Gasteiger partial charge in [-0.25, -0.2) is 0 Å². The number of fused-ring (bicyclic) bond motifs is 1. The Morgan fingerprint density at radius 1 is 1.15 bits per heavy atom. The molecule has 0 unspecified atom stereocenters. The minimum absolute atomic E-state index is 0.0195. The van der Waals surface area contributed by atoms with Gasteiger partial charge in [-0.1, -0.05) is 42.2 Å². The summed E-state index contributed by atoms with van der Waals surface area (Å²) in [5.41, 5.74) is 2.46. The van der Waals surface area contributed by atoms with Gasteiger partial charge >= 0.3 is 0 Å². The summed E-state index contributed by atoms with van der Waals surface area (Å²) in [6, 6.07) is 15.0. The summed E-state index contributed by atoms with van der Waals surface area (Å²) in [6.45, 7) is 2.57. The van der Waals surface area contributed by atoms with Gasteiger partial charge < -0.3 is 19.5 Å². The first-order valence-electron chi connectivity index (χ1n) is 11.9. The number of nitrogens with one attached hydrogen (secondary N) is 1. The monoisotopic (exact) mass is 560 g/mol. The van der Waals surface area contributed by atoms with Crippen molar-refractivity contribution >= 4 is 46.1 Å². The second kappa shape index (κ2) is 10.8. The third kappa shape index (κ3) is 5.08. The van der Waals surface area contributed by atoms with E-state index in [0.29, 0.717) is 50.8 Å². The van der Waals surface area contributed by atoms with Crippen LogP contribution in [0.5, 0.6) is 17.2 Å². The Labute approximate surface area is 234 Å². The lowest BCUT2D eigenvalue weighted by Crippen LogP contribution is -2.27. The number of thiocarbonyl (C=S) groups is 1. The van der Waals surface area contributed by atoms with Gasteiger partial charge in [0.1, 0.15) is 27.5 Å². The fraction of sp³-hybridized carbons (Fsp3) is 0.214. The van der Waals surface area contributed by atoms with Crippen LogP contribution in [-0.4, -0.2) is 33.6 Å². The minimum Gasteiger partial charge on any atom is -0.497 e. The van der Waals surface area contributed by atoms with E-state index in [1.807, 2.05) is 48.5 Å². The van der Waals surface area contributed by atoms with E-state index >= 15 is 0 Å². The van der Waals surface area contributed by atoms with Gasteiger partial charge in [0.2, 0.25) is 6.79 Å². The van der Waals surface area contributed by atoms with Crippen molar-refractivity contribution in [2.24, 2.45) is 7.05 Å². The molecule has 39 heavy (non-hydrogen) atoms. The number of carbonyl (C=O) groups excluding carboxylic acids is 1. The lowest BCUT2D eigenvalue weighted by Gasteiger charge is -2.18. The SMILES string of the molecule is COc1ccc(CN2C(=O)/C(=C\c3c(C)c(C#N)c(=O)n(C)c3NCc3ccc4c(c3)OCO4)SC2=S)cc1. The van der Waals surface area contributed by atoms with Crippen molar-refractivity contribution in [1.29, 1.82) is 5.26 Å². The number of amides is 1. The first-order chi connectivity index (χ1) is 18.8. The highest BCUT2D eigenvalue weighted by Crippen LogP contribution is 2.36. The average Bonchev–Trinajstić information content (AvgIpc) is 3.51. The molecule has 0 atom stereocenters. The molecule has 0 bridgehead atoms. The van der Waals surface area contributed by atoms with Crippen LogP contribution >= 0.6 is 24.0 Å². The maximum Gasteiger partial charge on any atom is 0.270 e. The number of pyridine rings is 1. The number of rotatable bonds is 7. The van der Waals surface area contributed by atoms with Crippen molar-refractivity contribution in [2.75, 3.05) is 19.2 Å². The molecule has 3 aromatic rings. The van der Waals surface area contributed by atoms with Crippen LogP contribution in [0.1, 0.15) is 27.8 Å². The fourth-order valence-electron chi connectivity index (χ4n) is 4.36. The molecule has 3 heterocycles. The van der Waals surface area contributed by atoms with Crippen molar-refractivity contribution in [3.05, 3.63) is 85.5 Å². The molecule has 198 valence electrons. The molecular formula is C28H24N4O5S2. The summed E-state index contributed by atoms with van der Waals surface area (Å²) in [7, 11) is 3.19. The number of anilines is 1. The van der Waals surface area contributed by atoms with Gasteiger partial charge in [-0.05, 0) is 54.0 Å². The summed E-state index contributed by atoms with van der Waals surface area (Å²) in [5.74, 6) is 2.30. The van der Waals surface area contributed by atoms with Crippen molar-refractivity contribution in [2.45, 2.75) is 20.0 Å². The van der Waals surface area contributed by atoms with Gasteiger partial charge in [0, 0.05) is 19.2 Å². The van der Waals surface area contributed by atoms with Crippen LogP contribution in [0.15, 0.2) is 52.2 Å². The van der Waals surface area contributed by atoms with Gasteiger partial charge in [0.05, 0.1) is 18.6 Å². The lowest BCUT2D eigenvalue weighted by molar-refractivity contribution is -0.122. The first-order valence-corrected chi connectivity index (χ1v) is 13.2. The topological polar surface area (TPSA) is 106 Å². The predicted molar refractivity (Wildman–Crippen MR) is 153 cm³/mol. The third-order valence-corrected chi connectivity index (χ3v) is 7.92. The average molecular weight is 561 g/mol. The molecular weight excluding hydrogens is 536 g/mol. The lowest BCUT2D eigenvalue weighted by atomic mass is 10.0. The highest BCUT2D eigenvalue weighted by molar-refractivity contribution is 8.26. The number of hydrogen-bond donors (Lipinski definition) is 1. The van der Waals surface area contributed by atoms with Crippen LogP contribution in [0, 0.1) is 18.3 Å². The summed E-state index contributed by atoms with van der Waals surface area (Å²) in [5, 5.41) is 13.0. The van der Waals surface area contributed by atoms with Gasteiger partial charge in [0.15, 0.2) is 11.5 Å². The molecule has 9 nitrogen and oxygen atoms in total. The second-order valence-corrected chi connectivity index (χ2v) is 10.6. The van der Waals surface area contributed by atoms with Gasteiger partial charge in [-0.2, -0.15) is 5.26 Å². The zero-order valence-corrected chi connectivity index (χ0v) is 23.1. The number of nitrogens with zero attached hydrogens (tertiary/aromatic N) is 3. The van der Waals surface area contributed by atoms with E-state index in [-0.39, 0.29) is 18.3 Å². The molecule has 1 aromatic heterocycles. The number of nitriles is 1. The maximum atomic E-state index is 13.4. The zero-order chi connectivity index (χ0) is 27.7. The molecule has 1 N–H and O–H groups in total. The van der Waals surface area contributed by atoms with Gasteiger partial charge in [-0.3, -0.25) is 19.1 Å². The van der Waals surface area contributed by atoms with Crippen molar-refractivity contribution in [3.8, 4) is 23.3 Å². The van der Waals surface area contributed by atoms with Crippen LogP contribution in [0.3, 0.4) is 0 Å². The van der Waals surface area contributed by atoms with E-state index in [2.05, 4.69) is 5.32 Å². The van der Waals surface area contributed by atoms with E-state index in [1.54, 1.807) is 27.2 Å². The molecule has 0 saturated carbocycles. The number of aromatic nitrogens is 1. The molecule has 1 saturated heterocycles. The highest BCUT2D eigenvalue weighted by Gasteiger charge is 2.33. The molecule has 1 fully saturated rings. The van der Waals surface area contributed by atoms with E-state index in [4.69, 9.17) is 26.4 Å². The minimum atomic E-state index is -0.424. The predicted octanol–water partition coefficient (Wildman–Crippen LogP) is 4.32. The summed E-state index contributed by atoms with van der Waals surface area (Å²) >= 11 is 6.72. The molecule has 0 radical (unpaired) electrons. The fourth-order valence-corrected chi connectivity index (χ4v) is 5.60. The molecule has 0 aliphatic carbocycles. The number of hydrogen-bond acceptors (Lipinski definition) is 9. The number of carbonyl (C=O) groups is 1. The Morgan fingerprint density at radius 3 is 2.59 bits per heavy atom. The molecule has 2 aliphatic rings. The van der Waals surface area contributed by atoms with E-state index in [0.717, 1.165) is 16.9 Å². The Hall–Kier alpha value is -4.27. The summed E-state index contributed by atoms with van der Waals surface area (Å²) < 4.78 is 17.9. The number of benzene rings is 2. The normalized spacial score (nSPS) is 15.1. The number of ether oxygens (including phenoxy) is 3. The maximum absolute atomic E-state index is 13.4. The first kappa shape index (κ1) is 26.3. The van der Waals surface area contributed by atoms with Crippen molar-refractivity contribution < 1.29 is 19.0 Å². The smallest absolute Gasteiger partial charge is 0.270 e. The van der Waals surface area contributed by atoms with Crippen LogP contribution < -0.4 is 25.1 Å². The zero-order valence-electron chi connectivity index (χ0n) is 21.4. The second-order valence-electron chi connectivity index (χ2n) is 8.90. The Bertz CT molecular complexity index is 1620. The van der Waals surface area contributed by atoms with E-state index in [1.165, 1.54) is 21.2 Å². The van der Waals surface area contributed by atoms with Crippen molar-refractivity contribution in [1.82, 2.24) is 9.47 Å². The van der Waals surface area contributed by atoms with Gasteiger partial charge in [0.25, 0.3) is 11.5 Å². The van der Waals surface area contributed by atoms with Crippen LogP contribution in [0.25, 0.3) is 6.08 Å². The third-order valence-electron chi connectivity index (χ3n) is 6.55. The Balaban J connectivity index is 1.47. The molecule has 2 aliphatic heterocycles. The van der Waals surface area contributed by atoms with Crippen LogP contribution in [0.2, 0.25) is 0 Å².